The number of hydrogen-bond acceptors (Lipinski definition) is 6. The Kier molecular flexibility index (Phi) is 4.42. The van der Waals surface area contributed by atoms with Crippen molar-refractivity contribution in [3.05, 3.63) is 28.3 Å². The van der Waals surface area contributed by atoms with Gasteiger partial charge in [0.1, 0.15) is 5.52 Å². The van der Waals surface area contributed by atoms with Gasteiger partial charge in [-0.2, -0.15) is 4.98 Å². The molecule has 0 radical (unpaired) electrons. The van der Waals surface area contributed by atoms with Crippen LogP contribution in [0.25, 0.3) is 11.1 Å². The predicted octanol–water partition coefficient (Wildman–Crippen LogP) is 2.95. The molecule has 1 heterocycles. The van der Waals surface area contributed by atoms with Crippen molar-refractivity contribution in [1.82, 2.24) is 4.98 Å². The Labute approximate surface area is 122 Å². The molecule has 0 unspecified atom stereocenters. The van der Waals surface area contributed by atoms with E-state index in [2.05, 4.69) is 24.1 Å². The van der Waals surface area contributed by atoms with Crippen molar-refractivity contribution in [3.63, 3.8) is 0 Å². The van der Waals surface area contributed by atoms with Crippen LogP contribution in [0.3, 0.4) is 0 Å². The van der Waals surface area contributed by atoms with Crippen LogP contribution in [0.5, 0.6) is 0 Å². The van der Waals surface area contributed by atoms with E-state index in [1.165, 1.54) is 12.1 Å². The molecule has 7 nitrogen and oxygen atoms in total. The van der Waals surface area contributed by atoms with Crippen LogP contribution in [0.4, 0.5) is 11.7 Å². The third-order valence-electron chi connectivity index (χ3n) is 3.31. The summed E-state index contributed by atoms with van der Waals surface area (Å²) < 4.78 is 5.51. The Morgan fingerprint density at radius 2 is 2.24 bits per heavy atom. The molecule has 21 heavy (non-hydrogen) atoms. The minimum Gasteiger partial charge on any atom is -0.424 e. The van der Waals surface area contributed by atoms with E-state index >= 15 is 0 Å². The lowest BCUT2D eigenvalue weighted by molar-refractivity contribution is -0.384. The van der Waals surface area contributed by atoms with E-state index in [0.717, 1.165) is 12.8 Å². The number of nitrogens with one attached hydrogen (secondary N) is 1. The molecule has 0 saturated heterocycles. The highest BCUT2D eigenvalue weighted by molar-refractivity contribution is 5.77. The number of rotatable bonds is 7. The van der Waals surface area contributed by atoms with Gasteiger partial charge in [0.25, 0.3) is 11.7 Å². The lowest BCUT2D eigenvalue weighted by Crippen LogP contribution is -2.23. The fourth-order valence-electron chi connectivity index (χ4n) is 2.07. The first-order chi connectivity index (χ1) is 9.91. The molecule has 0 aliphatic heterocycles. The van der Waals surface area contributed by atoms with Crippen molar-refractivity contribution in [1.29, 1.82) is 0 Å². The second-order valence-corrected chi connectivity index (χ2v) is 5.77. The summed E-state index contributed by atoms with van der Waals surface area (Å²) >= 11 is 0. The van der Waals surface area contributed by atoms with Gasteiger partial charge in [-0.1, -0.05) is 13.8 Å². The van der Waals surface area contributed by atoms with Crippen LogP contribution in [0.1, 0.15) is 26.7 Å². The Bertz CT molecular complexity index is 636. The zero-order valence-electron chi connectivity index (χ0n) is 12.1. The van der Waals surface area contributed by atoms with Gasteiger partial charge in [0.05, 0.1) is 4.92 Å². The number of aliphatic hydroxyl groups is 1. The van der Waals surface area contributed by atoms with Crippen LogP contribution in [-0.4, -0.2) is 28.2 Å². The molecule has 0 aliphatic rings. The molecule has 0 amide bonds. The van der Waals surface area contributed by atoms with E-state index in [9.17, 15) is 10.1 Å². The standard InChI is InChI=1S/C14H19N3O4/c1-14(2,6-3-7-18)9-15-13-16-11-8-10(17(19)20)4-5-12(11)21-13/h4-5,8,18H,3,6-7,9H2,1-2H3,(H,15,16). The van der Waals surface area contributed by atoms with Gasteiger partial charge in [-0.05, 0) is 24.3 Å². The number of oxazole rings is 1. The first-order valence-electron chi connectivity index (χ1n) is 6.81. The highest BCUT2D eigenvalue weighted by Gasteiger charge is 2.18. The number of hydrogen-bond donors (Lipinski definition) is 2. The average Bonchev–Trinajstić information content (AvgIpc) is 2.85. The number of nitro groups is 1. The van der Waals surface area contributed by atoms with Crippen molar-refractivity contribution >= 4 is 22.8 Å². The van der Waals surface area contributed by atoms with Crippen molar-refractivity contribution in [2.75, 3.05) is 18.5 Å². The van der Waals surface area contributed by atoms with Gasteiger partial charge in [0.15, 0.2) is 5.58 Å². The third-order valence-corrected chi connectivity index (χ3v) is 3.31. The van der Waals surface area contributed by atoms with E-state index in [0.29, 0.717) is 23.7 Å². The summed E-state index contributed by atoms with van der Waals surface area (Å²) in [5.41, 5.74) is 0.955. The van der Waals surface area contributed by atoms with Gasteiger partial charge in [-0.3, -0.25) is 10.1 Å². The normalized spacial score (nSPS) is 11.8. The molecule has 0 spiro atoms. The molecule has 0 aliphatic carbocycles. The van der Waals surface area contributed by atoms with Gasteiger partial charge in [-0.15, -0.1) is 0 Å². The third kappa shape index (κ3) is 3.91. The molecule has 2 aromatic rings. The summed E-state index contributed by atoms with van der Waals surface area (Å²) in [4.78, 5) is 14.5. The van der Waals surface area contributed by atoms with Crippen molar-refractivity contribution in [2.24, 2.45) is 5.41 Å². The van der Waals surface area contributed by atoms with E-state index in [4.69, 9.17) is 9.52 Å². The maximum Gasteiger partial charge on any atom is 0.295 e. The van der Waals surface area contributed by atoms with Crippen LogP contribution in [-0.2, 0) is 0 Å². The molecule has 2 rings (SSSR count). The number of non-ortho nitro benzene ring substituents is 1. The highest BCUT2D eigenvalue weighted by Crippen LogP contribution is 2.26. The Hall–Kier alpha value is -2.15. The van der Waals surface area contributed by atoms with Gasteiger partial charge in [0, 0.05) is 25.3 Å². The van der Waals surface area contributed by atoms with E-state index < -0.39 is 4.92 Å². The van der Waals surface area contributed by atoms with Crippen LogP contribution in [0.2, 0.25) is 0 Å². The first-order valence-corrected chi connectivity index (χ1v) is 6.81. The topological polar surface area (TPSA) is 101 Å². The van der Waals surface area contributed by atoms with E-state index in [1.807, 2.05) is 0 Å². The molecule has 0 fully saturated rings. The number of benzene rings is 1. The number of aliphatic hydroxyl groups excluding tert-OH is 1. The first kappa shape index (κ1) is 15.2. The summed E-state index contributed by atoms with van der Waals surface area (Å²) in [6, 6.07) is 4.67. The summed E-state index contributed by atoms with van der Waals surface area (Å²) in [5.74, 6) is 0. The molecule has 0 atom stereocenters. The largest absolute Gasteiger partial charge is 0.424 e. The Morgan fingerprint density at radius 3 is 2.90 bits per heavy atom. The fourth-order valence-corrected chi connectivity index (χ4v) is 2.07. The Balaban J connectivity index is 2.07. The average molecular weight is 293 g/mol. The smallest absolute Gasteiger partial charge is 0.295 e. The quantitative estimate of drug-likeness (QED) is 0.601. The van der Waals surface area contributed by atoms with Gasteiger partial charge < -0.3 is 14.8 Å². The molecular weight excluding hydrogens is 274 g/mol. The van der Waals surface area contributed by atoms with Gasteiger partial charge in [0.2, 0.25) is 0 Å². The maximum absolute atomic E-state index is 10.7. The van der Waals surface area contributed by atoms with Crippen LogP contribution < -0.4 is 5.32 Å². The zero-order chi connectivity index (χ0) is 15.5. The van der Waals surface area contributed by atoms with Gasteiger partial charge >= 0.3 is 0 Å². The molecule has 1 aromatic heterocycles. The number of fused-ring (bicyclic) bond motifs is 1. The summed E-state index contributed by atoms with van der Waals surface area (Å²) in [5, 5.41) is 22.7. The number of aromatic nitrogens is 1. The summed E-state index contributed by atoms with van der Waals surface area (Å²) in [6.07, 6.45) is 1.62. The molecule has 7 heteroatoms. The van der Waals surface area contributed by atoms with Crippen LogP contribution in [0, 0.1) is 15.5 Å². The minimum atomic E-state index is -0.459. The van der Waals surface area contributed by atoms with Crippen LogP contribution in [0.15, 0.2) is 22.6 Å². The minimum absolute atomic E-state index is 0.00458. The molecule has 2 N–H and O–H groups in total. The van der Waals surface area contributed by atoms with Gasteiger partial charge in [-0.25, -0.2) is 0 Å². The lowest BCUT2D eigenvalue weighted by atomic mass is 9.88. The Morgan fingerprint density at radius 1 is 1.48 bits per heavy atom. The monoisotopic (exact) mass is 293 g/mol. The summed E-state index contributed by atoms with van der Waals surface area (Å²) in [7, 11) is 0. The lowest BCUT2D eigenvalue weighted by Gasteiger charge is -2.23. The number of nitro benzene ring substituents is 1. The van der Waals surface area contributed by atoms with Crippen molar-refractivity contribution in [3.8, 4) is 0 Å². The second-order valence-electron chi connectivity index (χ2n) is 5.77. The molecule has 0 saturated carbocycles. The van der Waals surface area contributed by atoms with E-state index in [1.54, 1.807) is 6.07 Å². The maximum atomic E-state index is 10.7. The zero-order valence-corrected chi connectivity index (χ0v) is 12.1. The van der Waals surface area contributed by atoms with E-state index in [-0.39, 0.29) is 17.7 Å². The summed E-state index contributed by atoms with van der Waals surface area (Å²) in [6.45, 7) is 4.99. The number of nitrogens with zero attached hydrogens (tertiary/aromatic N) is 2. The second kappa shape index (κ2) is 6.09. The number of anilines is 1. The van der Waals surface area contributed by atoms with Crippen molar-refractivity contribution < 1.29 is 14.4 Å². The molecular formula is C14H19N3O4. The predicted molar refractivity (Wildman–Crippen MR) is 79.3 cm³/mol. The fraction of sp³-hybridized carbons (Fsp3) is 0.500. The molecule has 114 valence electrons. The molecule has 0 bridgehead atoms. The SMILES string of the molecule is CC(C)(CCCO)CNc1nc2cc([N+](=O)[O-])ccc2o1. The van der Waals surface area contributed by atoms with Crippen LogP contribution >= 0.6 is 0 Å². The van der Waals surface area contributed by atoms with Crippen molar-refractivity contribution in [2.45, 2.75) is 26.7 Å². The molecule has 1 aromatic carbocycles. The highest BCUT2D eigenvalue weighted by atomic mass is 16.6.